The van der Waals surface area contributed by atoms with Gasteiger partial charge >= 0.3 is 5.97 Å². The molecule has 0 saturated heterocycles. The lowest BCUT2D eigenvalue weighted by Crippen LogP contribution is -1.98. The van der Waals surface area contributed by atoms with Gasteiger partial charge in [-0.3, -0.25) is 5.10 Å². The van der Waals surface area contributed by atoms with E-state index < -0.39 is 5.97 Å². The highest BCUT2D eigenvalue weighted by atomic mass is 32.2. The number of methoxy groups -OCH3 is 1. The monoisotopic (exact) mass is 291 g/mol. The Morgan fingerprint density at radius 3 is 2.80 bits per heavy atom. The molecule has 0 bridgehead atoms. The summed E-state index contributed by atoms with van der Waals surface area (Å²) < 4.78 is 5.20. The molecule has 0 radical (unpaired) electrons. The molecule has 0 aliphatic heterocycles. The number of carbonyl (C=O) groups is 1. The second-order valence-corrected chi connectivity index (χ2v) is 4.87. The third-order valence-corrected chi connectivity index (χ3v) is 3.29. The van der Waals surface area contributed by atoms with Crippen molar-refractivity contribution >= 4 is 23.8 Å². The van der Waals surface area contributed by atoms with Gasteiger partial charge in [-0.25, -0.2) is 9.78 Å². The molecule has 7 heteroatoms. The van der Waals surface area contributed by atoms with Crippen LogP contribution in [0.3, 0.4) is 0 Å². The number of carboxylic acids is 1. The van der Waals surface area contributed by atoms with Crippen LogP contribution in [0.2, 0.25) is 0 Å². The van der Waals surface area contributed by atoms with Crippen LogP contribution in [0.1, 0.15) is 11.4 Å². The third-order valence-electron chi connectivity index (χ3n) is 2.41. The number of para-hydroxylation sites is 1. The van der Waals surface area contributed by atoms with Crippen LogP contribution in [0.4, 0.5) is 0 Å². The van der Waals surface area contributed by atoms with Gasteiger partial charge in [-0.1, -0.05) is 18.2 Å². The van der Waals surface area contributed by atoms with Crippen molar-refractivity contribution in [2.75, 3.05) is 7.11 Å². The summed E-state index contributed by atoms with van der Waals surface area (Å²) >= 11 is 0.984. The Balaban J connectivity index is 2.32. The van der Waals surface area contributed by atoms with Crippen LogP contribution in [0, 0.1) is 6.92 Å². The smallest absolute Gasteiger partial charge is 0.342 e. The van der Waals surface area contributed by atoms with Crippen LogP contribution in [-0.2, 0) is 4.79 Å². The van der Waals surface area contributed by atoms with E-state index in [1.165, 1.54) is 6.08 Å². The number of hydrogen-bond acceptors (Lipinski definition) is 5. The van der Waals surface area contributed by atoms with Gasteiger partial charge in [0, 0.05) is 5.56 Å². The quantitative estimate of drug-likeness (QED) is 0.649. The fourth-order valence-electron chi connectivity index (χ4n) is 1.53. The minimum Gasteiger partial charge on any atom is -0.496 e. The zero-order chi connectivity index (χ0) is 14.5. The summed E-state index contributed by atoms with van der Waals surface area (Å²) in [5, 5.41) is 16.2. The normalized spacial score (nSPS) is 11.4. The first-order valence-corrected chi connectivity index (χ1v) is 6.56. The number of nitrogens with zero attached hydrogens (tertiary/aromatic N) is 2. The number of aromatic nitrogens is 3. The minimum atomic E-state index is -1.04. The van der Waals surface area contributed by atoms with E-state index in [4.69, 9.17) is 4.74 Å². The lowest BCUT2D eigenvalue weighted by atomic mass is 10.2. The SMILES string of the molecule is COc1ccccc1C=C(Sc1n[nH]c(C)n1)C(=O)O. The fourth-order valence-corrected chi connectivity index (χ4v) is 2.27. The van der Waals surface area contributed by atoms with Gasteiger partial charge in [0.15, 0.2) is 0 Å². The van der Waals surface area contributed by atoms with E-state index in [2.05, 4.69) is 15.2 Å². The number of H-pyrrole nitrogens is 1. The minimum absolute atomic E-state index is 0.119. The van der Waals surface area contributed by atoms with E-state index >= 15 is 0 Å². The summed E-state index contributed by atoms with van der Waals surface area (Å²) in [6.45, 7) is 1.75. The summed E-state index contributed by atoms with van der Waals surface area (Å²) in [6.07, 6.45) is 1.54. The maximum atomic E-state index is 11.3. The number of aromatic amines is 1. The van der Waals surface area contributed by atoms with Crippen molar-refractivity contribution in [2.45, 2.75) is 12.1 Å². The van der Waals surface area contributed by atoms with E-state index in [9.17, 15) is 9.90 Å². The molecule has 2 N–H and O–H groups in total. The molecule has 104 valence electrons. The third kappa shape index (κ3) is 3.39. The highest BCUT2D eigenvalue weighted by Gasteiger charge is 2.14. The molecule has 1 heterocycles. The molecule has 2 rings (SSSR count). The van der Waals surface area contributed by atoms with Gasteiger partial charge in [-0.05, 0) is 30.8 Å². The first-order valence-electron chi connectivity index (χ1n) is 5.75. The van der Waals surface area contributed by atoms with Crippen molar-refractivity contribution in [3.8, 4) is 5.75 Å². The van der Waals surface area contributed by atoms with E-state index in [0.29, 0.717) is 22.3 Å². The molecule has 2 aromatic rings. The van der Waals surface area contributed by atoms with E-state index in [0.717, 1.165) is 11.8 Å². The van der Waals surface area contributed by atoms with Crippen LogP contribution in [0.5, 0.6) is 5.75 Å². The van der Waals surface area contributed by atoms with Crippen LogP contribution >= 0.6 is 11.8 Å². The van der Waals surface area contributed by atoms with Crippen molar-refractivity contribution in [1.82, 2.24) is 15.2 Å². The summed E-state index contributed by atoms with van der Waals surface area (Å²) in [6, 6.07) is 7.19. The fraction of sp³-hybridized carbons (Fsp3) is 0.154. The Bertz CT molecular complexity index is 652. The van der Waals surface area contributed by atoms with Gasteiger partial charge in [0.1, 0.15) is 16.5 Å². The summed E-state index contributed by atoms with van der Waals surface area (Å²) in [4.78, 5) is 15.5. The van der Waals surface area contributed by atoms with Crippen molar-refractivity contribution in [3.63, 3.8) is 0 Å². The van der Waals surface area contributed by atoms with Gasteiger partial charge in [-0.2, -0.15) is 0 Å². The predicted octanol–water partition coefficient (Wildman–Crippen LogP) is 2.34. The molecule has 6 nitrogen and oxygen atoms in total. The highest BCUT2D eigenvalue weighted by molar-refractivity contribution is 8.04. The number of carboxylic acid groups (broad SMARTS) is 1. The van der Waals surface area contributed by atoms with Crippen LogP contribution in [-0.4, -0.2) is 33.4 Å². The van der Waals surface area contributed by atoms with Crippen LogP contribution in [0.15, 0.2) is 34.3 Å². The molecular formula is C13H13N3O3S. The van der Waals surface area contributed by atoms with Gasteiger partial charge in [0.2, 0.25) is 5.16 Å². The van der Waals surface area contributed by atoms with E-state index in [1.807, 2.05) is 12.1 Å². The number of aliphatic carboxylic acids is 1. The topological polar surface area (TPSA) is 88.1 Å². The van der Waals surface area contributed by atoms with Crippen LogP contribution < -0.4 is 4.74 Å². The van der Waals surface area contributed by atoms with E-state index in [-0.39, 0.29) is 4.91 Å². The molecule has 0 atom stereocenters. The van der Waals surface area contributed by atoms with Gasteiger partial charge in [-0.15, -0.1) is 5.10 Å². The number of nitrogens with one attached hydrogen (secondary N) is 1. The second kappa shape index (κ2) is 6.25. The average molecular weight is 291 g/mol. The van der Waals surface area contributed by atoms with Gasteiger partial charge < -0.3 is 9.84 Å². The molecule has 1 aromatic heterocycles. The van der Waals surface area contributed by atoms with E-state index in [1.54, 1.807) is 26.2 Å². The van der Waals surface area contributed by atoms with Crippen molar-refractivity contribution in [3.05, 3.63) is 40.6 Å². The maximum Gasteiger partial charge on any atom is 0.342 e. The molecule has 0 fully saturated rings. The Hall–Kier alpha value is -2.28. The first-order chi connectivity index (χ1) is 9.60. The highest BCUT2D eigenvalue weighted by Crippen LogP contribution is 2.28. The largest absolute Gasteiger partial charge is 0.496 e. The molecule has 0 spiro atoms. The molecule has 0 amide bonds. The number of rotatable bonds is 5. The second-order valence-electron chi connectivity index (χ2n) is 3.86. The lowest BCUT2D eigenvalue weighted by Gasteiger charge is -2.05. The Morgan fingerprint density at radius 1 is 1.45 bits per heavy atom. The number of ether oxygens (including phenoxy) is 1. The predicted molar refractivity (Wildman–Crippen MR) is 75.6 cm³/mol. The summed E-state index contributed by atoms with van der Waals surface area (Å²) in [5.41, 5.74) is 0.687. The van der Waals surface area contributed by atoms with Crippen molar-refractivity contribution in [2.24, 2.45) is 0 Å². The molecule has 20 heavy (non-hydrogen) atoms. The van der Waals surface area contributed by atoms with Crippen LogP contribution in [0.25, 0.3) is 6.08 Å². The van der Waals surface area contributed by atoms with Gasteiger partial charge in [0.25, 0.3) is 0 Å². The first kappa shape index (κ1) is 14.1. The molecule has 0 aliphatic rings. The number of benzene rings is 1. The zero-order valence-corrected chi connectivity index (χ0v) is 11.8. The molecule has 0 unspecified atom stereocenters. The molecule has 0 aliphatic carbocycles. The number of thioether (sulfide) groups is 1. The van der Waals surface area contributed by atoms with Gasteiger partial charge in [0.05, 0.1) is 7.11 Å². The molecule has 0 saturated carbocycles. The zero-order valence-electron chi connectivity index (χ0n) is 11.0. The Morgan fingerprint density at radius 2 is 2.20 bits per heavy atom. The lowest BCUT2D eigenvalue weighted by molar-refractivity contribution is -0.131. The number of aryl methyl sites for hydroxylation is 1. The summed E-state index contributed by atoms with van der Waals surface area (Å²) in [7, 11) is 1.54. The average Bonchev–Trinajstić information content (AvgIpc) is 2.84. The Labute approximate surface area is 119 Å². The van der Waals surface area contributed by atoms with Crippen molar-refractivity contribution < 1.29 is 14.6 Å². The standard InChI is InChI=1S/C13H13N3O3S/c1-8-14-13(16-15-8)20-11(12(17)18)7-9-5-3-4-6-10(9)19-2/h3-7H,1-2H3,(H,17,18)(H,14,15,16). The number of hydrogen-bond donors (Lipinski definition) is 2. The summed E-state index contributed by atoms with van der Waals surface area (Å²) in [5.74, 6) is 0.205. The maximum absolute atomic E-state index is 11.3. The Kier molecular flexibility index (Phi) is 4.41. The molecular weight excluding hydrogens is 278 g/mol. The molecule has 1 aromatic carbocycles. The van der Waals surface area contributed by atoms with Crippen molar-refractivity contribution in [1.29, 1.82) is 0 Å².